The van der Waals surface area contributed by atoms with E-state index in [0.717, 1.165) is 20.2 Å². The van der Waals surface area contributed by atoms with Crippen molar-refractivity contribution in [1.29, 1.82) is 0 Å². The van der Waals surface area contributed by atoms with Crippen molar-refractivity contribution in [2.24, 2.45) is 0 Å². The zero-order valence-electron chi connectivity index (χ0n) is 11.3. The first kappa shape index (κ1) is 12.8. The fourth-order valence-corrected chi connectivity index (χ4v) is 4.44. The van der Waals surface area contributed by atoms with Crippen LogP contribution < -0.4 is 10.7 Å². The summed E-state index contributed by atoms with van der Waals surface area (Å²) in [5, 5.41) is 3.06. The van der Waals surface area contributed by atoms with Crippen molar-refractivity contribution >= 4 is 44.1 Å². The first-order valence-corrected chi connectivity index (χ1v) is 10.2. The Morgan fingerprint density at radius 3 is 2.32 bits per heavy atom. The molecule has 0 atom stereocenters. The molecule has 1 nitrogen and oxygen atoms in total. The van der Waals surface area contributed by atoms with Gasteiger partial charge in [0.25, 0.3) is 0 Å². The van der Waals surface area contributed by atoms with Crippen LogP contribution in [0.2, 0.25) is 0 Å². The van der Waals surface area contributed by atoms with Crippen LogP contribution in [0.4, 0.5) is 0 Å². The van der Waals surface area contributed by atoms with Crippen molar-refractivity contribution in [2.75, 3.05) is 20.0 Å². The lowest BCUT2D eigenvalue weighted by Gasteiger charge is -2.12. The minimum absolute atomic E-state index is 0.156. The van der Waals surface area contributed by atoms with Crippen molar-refractivity contribution in [3.8, 4) is 0 Å². The summed E-state index contributed by atoms with van der Waals surface area (Å²) < 4.78 is 2.18. The fraction of sp³-hybridized carbons (Fsp3) is 0.188. The summed E-state index contributed by atoms with van der Waals surface area (Å²) in [6.07, 6.45) is 0. The average Bonchev–Trinajstić information content (AvgIpc) is 2.37. The zero-order chi connectivity index (χ0) is 13.6. The minimum Gasteiger partial charge on any atom is -0.289 e. The second-order valence-corrected chi connectivity index (χ2v) is 11.2. The number of hydrogen-bond donors (Lipinski definition) is 0. The van der Waals surface area contributed by atoms with Gasteiger partial charge in [-0.3, -0.25) is 4.79 Å². The molecule has 1 aromatic heterocycles. The van der Waals surface area contributed by atoms with Crippen LogP contribution in [-0.2, 0) is 0 Å². The van der Waals surface area contributed by atoms with Crippen LogP contribution in [0, 0.1) is 0 Å². The van der Waals surface area contributed by atoms with Gasteiger partial charge in [0.1, 0.15) is 0 Å². The highest BCUT2D eigenvalue weighted by molar-refractivity contribution is 7.81. The lowest BCUT2D eigenvalue weighted by molar-refractivity contribution is 1.76. The highest BCUT2D eigenvalue weighted by Gasteiger charge is 2.21. The van der Waals surface area contributed by atoms with Crippen molar-refractivity contribution in [2.45, 2.75) is 0 Å². The monoisotopic (exact) mass is 287 g/mol. The molecule has 0 aliphatic heterocycles. The van der Waals surface area contributed by atoms with Gasteiger partial charge in [0, 0.05) is 27.4 Å². The molecule has 3 heteroatoms. The summed E-state index contributed by atoms with van der Waals surface area (Å²) in [4.78, 5) is 12.5. The van der Waals surface area contributed by atoms with Gasteiger partial charge >= 0.3 is 0 Å². The first-order chi connectivity index (χ1) is 8.97. The van der Waals surface area contributed by atoms with Crippen molar-refractivity contribution in [1.82, 2.24) is 0 Å². The zero-order valence-corrected chi connectivity index (χ0v) is 13.0. The topological polar surface area (TPSA) is 17.1 Å². The Kier molecular flexibility index (Phi) is 2.96. The Morgan fingerprint density at radius 2 is 1.58 bits per heavy atom. The summed E-state index contributed by atoms with van der Waals surface area (Å²) in [6.45, 7) is 6.91. The van der Waals surface area contributed by atoms with Gasteiger partial charge in [-0.25, -0.2) is 0 Å². The summed E-state index contributed by atoms with van der Waals surface area (Å²) >= 11 is 1.71. The molecule has 1 heterocycles. The quantitative estimate of drug-likeness (QED) is 0.489. The molecular formula is C16H16OPS+. The molecule has 2 aromatic carbocycles. The molecular weight excluding hydrogens is 271 g/mol. The van der Waals surface area contributed by atoms with E-state index in [4.69, 9.17) is 0 Å². The molecule has 0 amide bonds. The lowest BCUT2D eigenvalue weighted by Crippen LogP contribution is -2.09. The lowest BCUT2D eigenvalue weighted by atomic mass is 10.2. The summed E-state index contributed by atoms with van der Waals surface area (Å²) in [5.74, 6) is 0. The number of benzene rings is 2. The molecule has 3 rings (SSSR count). The van der Waals surface area contributed by atoms with Gasteiger partial charge in [-0.05, 0) is 30.3 Å². The van der Waals surface area contributed by atoms with Crippen LogP contribution >= 0.6 is 18.6 Å². The number of hydrogen-bond acceptors (Lipinski definition) is 2. The van der Waals surface area contributed by atoms with E-state index in [1.165, 1.54) is 5.30 Å². The highest BCUT2D eigenvalue weighted by Crippen LogP contribution is 2.45. The fourth-order valence-electron chi connectivity index (χ4n) is 2.21. The molecule has 96 valence electrons. The SMILES string of the molecule is C[P+](C)(C)c1ccc2c(=O)c3ccccc3sc2c1. The van der Waals surface area contributed by atoms with Crippen LogP contribution in [0.1, 0.15) is 0 Å². The maximum atomic E-state index is 12.5. The molecule has 19 heavy (non-hydrogen) atoms. The van der Waals surface area contributed by atoms with Crippen molar-refractivity contribution in [3.05, 3.63) is 52.7 Å². The summed E-state index contributed by atoms with van der Waals surface area (Å²) in [7, 11) is -1.04. The highest BCUT2D eigenvalue weighted by atomic mass is 32.1. The third kappa shape index (κ3) is 2.20. The number of fused-ring (bicyclic) bond motifs is 2. The molecule has 0 saturated carbocycles. The second-order valence-electron chi connectivity index (χ2n) is 5.62. The van der Waals surface area contributed by atoms with Crippen molar-refractivity contribution in [3.63, 3.8) is 0 Å². The summed E-state index contributed by atoms with van der Waals surface area (Å²) in [5.41, 5.74) is 0.156. The predicted molar refractivity (Wildman–Crippen MR) is 89.9 cm³/mol. The molecule has 0 saturated heterocycles. The molecule has 0 spiro atoms. The Labute approximate surface area is 117 Å². The predicted octanol–water partition coefficient (Wildman–Crippen LogP) is 3.95. The van der Waals surface area contributed by atoms with Gasteiger partial charge in [-0.1, -0.05) is 12.1 Å². The van der Waals surface area contributed by atoms with Gasteiger partial charge in [-0.15, -0.1) is 11.3 Å². The second kappa shape index (κ2) is 4.40. The normalized spacial score (nSPS) is 12.2. The van der Waals surface area contributed by atoms with Gasteiger partial charge in [0.05, 0.1) is 25.3 Å². The van der Waals surface area contributed by atoms with E-state index in [-0.39, 0.29) is 5.43 Å². The van der Waals surface area contributed by atoms with E-state index in [1.807, 2.05) is 30.3 Å². The Hall–Kier alpha value is -1.24. The minimum atomic E-state index is -1.04. The van der Waals surface area contributed by atoms with Gasteiger partial charge in [0.15, 0.2) is 5.43 Å². The van der Waals surface area contributed by atoms with E-state index in [2.05, 4.69) is 32.1 Å². The molecule has 0 radical (unpaired) electrons. The van der Waals surface area contributed by atoms with E-state index in [0.29, 0.717) is 0 Å². The van der Waals surface area contributed by atoms with E-state index >= 15 is 0 Å². The van der Waals surface area contributed by atoms with Crippen LogP contribution in [-0.4, -0.2) is 20.0 Å². The van der Waals surface area contributed by atoms with Gasteiger partial charge in [-0.2, -0.15) is 0 Å². The molecule has 0 N–H and O–H groups in total. The largest absolute Gasteiger partial charge is 0.289 e. The van der Waals surface area contributed by atoms with E-state index in [1.54, 1.807) is 11.3 Å². The third-order valence-electron chi connectivity index (χ3n) is 3.34. The molecule has 0 aliphatic rings. The van der Waals surface area contributed by atoms with E-state index < -0.39 is 7.26 Å². The van der Waals surface area contributed by atoms with Gasteiger partial charge in [0.2, 0.25) is 0 Å². The summed E-state index contributed by atoms with van der Waals surface area (Å²) in [6, 6.07) is 14.2. The standard InChI is InChI=1S/C16H16OPS/c1-18(2,3)11-8-9-13-15(10-11)19-14-7-5-4-6-12(14)16(13)17/h4-10H,1-3H3/q+1. The van der Waals surface area contributed by atoms with Gasteiger partial charge < -0.3 is 0 Å². The molecule has 0 unspecified atom stereocenters. The molecule has 0 fully saturated rings. The maximum absolute atomic E-state index is 12.5. The van der Waals surface area contributed by atoms with Crippen LogP contribution in [0.3, 0.4) is 0 Å². The van der Waals surface area contributed by atoms with Crippen LogP contribution in [0.15, 0.2) is 47.3 Å². The molecule has 3 aromatic rings. The van der Waals surface area contributed by atoms with Crippen LogP contribution in [0.25, 0.3) is 20.2 Å². The molecule has 0 aliphatic carbocycles. The first-order valence-electron chi connectivity index (χ1n) is 6.24. The molecule has 0 bridgehead atoms. The Morgan fingerprint density at radius 1 is 0.895 bits per heavy atom. The smallest absolute Gasteiger partial charge is 0.195 e. The van der Waals surface area contributed by atoms with E-state index in [9.17, 15) is 4.79 Å². The number of rotatable bonds is 1. The Bertz CT molecular complexity index is 827. The maximum Gasteiger partial charge on any atom is 0.195 e. The Balaban J connectivity index is 2.42. The average molecular weight is 287 g/mol. The van der Waals surface area contributed by atoms with Crippen LogP contribution in [0.5, 0.6) is 0 Å². The van der Waals surface area contributed by atoms with Crippen molar-refractivity contribution < 1.29 is 0 Å². The third-order valence-corrected chi connectivity index (χ3v) is 6.30.